The summed E-state index contributed by atoms with van der Waals surface area (Å²) < 4.78 is 5.87. The van der Waals surface area contributed by atoms with E-state index in [1.54, 1.807) is 0 Å². The van der Waals surface area contributed by atoms with Gasteiger partial charge in [-0.25, -0.2) is 4.79 Å². The van der Waals surface area contributed by atoms with E-state index in [1.165, 1.54) is 61.6 Å². The van der Waals surface area contributed by atoms with Gasteiger partial charge in [0.05, 0.1) is 17.2 Å². The number of benzene rings is 3. The lowest BCUT2D eigenvalue weighted by Gasteiger charge is -2.29. The van der Waals surface area contributed by atoms with Crippen molar-refractivity contribution >= 4 is 5.97 Å². The van der Waals surface area contributed by atoms with Crippen LogP contribution in [0.2, 0.25) is 0 Å². The lowest BCUT2D eigenvalue weighted by Crippen LogP contribution is -2.24. The maximum absolute atomic E-state index is 12.8. The molecule has 3 aromatic carbocycles. The smallest absolute Gasteiger partial charge is 0.338 e. The Kier molecular flexibility index (Phi) is 9.15. The molecule has 0 unspecified atom stereocenters. The van der Waals surface area contributed by atoms with Gasteiger partial charge in [-0.3, -0.25) is 0 Å². The quantitative estimate of drug-likeness (QED) is 0.278. The van der Waals surface area contributed by atoms with Crippen LogP contribution in [0.1, 0.15) is 116 Å². The molecule has 0 spiro atoms. The van der Waals surface area contributed by atoms with Crippen molar-refractivity contribution < 1.29 is 9.53 Å². The van der Waals surface area contributed by atoms with E-state index in [2.05, 4.69) is 49.4 Å². The number of nitrogens with zero attached hydrogens (tertiary/aromatic N) is 1. The first kappa shape index (κ1) is 27.2. The van der Waals surface area contributed by atoms with Gasteiger partial charge in [0.15, 0.2) is 0 Å². The first-order valence-electron chi connectivity index (χ1n) is 15.0. The summed E-state index contributed by atoms with van der Waals surface area (Å²) in [5, 5.41) is 9.01. The molecule has 3 aromatic rings. The van der Waals surface area contributed by atoms with Gasteiger partial charge in [0, 0.05) is 0 Å². The molecular weight excluding hydrogens is 478 g/mol. The predicted octanol–water partition coefficient (Wildman–Crippen LogP) is 9.57. The van der Waals surface area contributed by atoms with Crippen LogP contribution in [-0.2, 0) is 4.74 Å². The van der Waals surface area contributed by atoms with Crippen molar-refractivity contribution in [3.8, 4) is 17.2 Å². The van der Waals surface area contributed by atoms with E-state index in [4.69, 9.17) is 10.00 Å². The van der Waals surface area contributed by atoms with E-state index in [0.29, 0.717) is 23.0 Å². The van der Waals surface area contributed by atoms with Crippen molar-refractivity contribution in [1.82, 2.24) is 0 Å². The molecule has 0 heterocycles. The van der Waals surface area contributed by atoms with Crippen LogP contribution in [0.5, 0.6) is 0 Å². The third-order valence-corrected chi connectivity index (χ3v) is 9.11. The number of carbonyl (C=O) groups is 1. The number of rotatable bonds is 8. The van der Waals surface area contributed by atoms with Crippen molar-refractivity contribution in [2.45, 2.75) is 95.5 Å². The van der Waals surface area contributed by atoms with Gasteiger partial charge in [0.1, 0.15) is 6.10 Å². The molecule has 0 atom stereocenters. The minimum Gasteiger partial charge on any atom is -0.459 e. The highest BCUT2D eigenvalue weighted by molar-refractivity contribution is 5.90. The van der Waals surface area contributed by atoms with Crippen LogP contribution in [0.15, 0.2) is 72.8 Å². The first-order valence-corrected chi connectivity index (χ1v) is 15.0. The summed E-state index contributed by atoms with van der Waals surface area (Å²) >= 11 is 0. The van der Waals surface area contributed by atoms with Gasteiger partial charge >= 0.3 is 5.97 Å². The van der Waals surface area contributed by atoms with Gasteiger partial charge in [-0.1, -0.05) is 74.7 Å². The fraction of sp³-hybridized carbons (Fsp3) is 0.444. The Bertz CT molecular complexity index is 1240. The Labute approximate surface area is 234 Å². The van der Waals surface area contributed by atoms with E-state index in [9.17, 15) is 4.79 Å². The second-order valence-electron chi connectivity index (χ2n) is 11.7. The largest absolute Gasteiger partial charge is 0.459 e. The Morgan fingerprint density at radius 2 is 1.26 bits per heavy atom. The van der Waals surface area contributed by atoms with Crippen LogP contribution < -0.4 is 0 Å². The maximum atomic E-state index is 12.8. The summed E-state index contributed by atoms with van der Waals surface area (Å²) in [4.78, 5) is 12.8. The molecule has 0 N–H and O–H groups in total. The van der Waals surface area contributed by atoms with Crippen LogP contribution in [0.25, 0.3) is 11.1 Å². The van der Waals surface area contributed by atoms with Gasteiger partial charge < -0.3 is 4.74 Å². The summed E-state index contributed by atoms with van der Waals surface area (Å²) in [6.45, 7) is 2.29. The maximum Gasteiger partial charge on any atom is 0.338 e. The third-order valence-electron chi connectivity index (χ3n) is 9.11. The van der Waals surface area contributed by atoms with Crippen molar-refractivity contribution in [3.05, 3.63) is 95.1 Å². The SMILES string of the molecule is CCCC[C@H]1CC[C@H](c2ccc(-c3ccc(C(=O)O[C@H]4CC[C@H](c5ccc(C#N)cc5)CC4)cc3)cc2)CC1. The highest BCUT2D eigenvalue weighted by Gasteiger charge is 2.26. The van der Waals surface area contributed by atoms with Crippen molar-refractivity contribution in [2.24, 2.45) is 5.92 Å². The molecule has 2 aliphatic rings. The number of hydrogen-bond donors (Lipinski definition) is 0. The first-order chi connectivity index (χ1) is 19.1. The van der Waals surface area contributed by atoms with Crippen LogP contribution >= 0.6 is 0 Å². The zero-order valence-corrected chi connectivity index (χ0v) is 23.3. The Morgan fingerprint density at radius 3 is 1.79 bits per heavy atom. The van der Waals surface area contributed by atoms with Crippen molar-refractivity contribution in [2.75, 3.05) is 0 Å². The molecule has 3 heteroatoms. The standard InChI is InChI=1S/C36H41NO2/c1-2-3-4-26-5-9-28(10-6-26)30-13-15-31(16-14-30)32-17-19-34(20-18-32)36(38)39-35-23-21-33(22-24-35)29-11-7-27(25-37)8-12-29/h7-8,11-20,26,28,33,35H,2-6,9-10,21-24H2,1H3/t26-,28-,33-,35-. The summed E-state index contributed by atoms with van der Waals surface area (Å²) in [6, 6.07) is 27.0. The van der Waals surface area contributed by atoms with Gasteiger partial charge in [0.2, 0.25) is 0 Å². The van der Waals surface area contributed by atoms with Gasteiger partial charge in [-0.05, 0) is 116 Å². The van der Waals surface area contributed by atoms with Gasteiger partial charge in [0.25, 0.3) is 0 Å². The molecule has 0 bridgehead atoms. The molecule has 2 aliphatic carbocycles. The molecule has 2 fully saturated rings. The highest BCUT2D eigenvalue weighted by Crippen LogP contribution is 2.38. The van der Waals surface area contributed by atoms with Crippen LogP contribution in [0, 0.1) is 17.2 Å². The zero-order valence-electron chi connectivity index (χ0n) is 23.3. The highest BCUT2D eigenvalue weighted by atomic mass is 16.5. The molecule has 0 radical (unpaired) electrons. The molecule has 0 aromatic heterocycles. The molecule has 3 nitrogen and oxygen atoms in total. The second-order valence-corrected chi connectivity index (χ2v) is 11.7. The van der Waals surface area contributed by atoms with Gasteiger partial charge in [-0.2, -0.15) is 5.26 Å². The van der Waals surface area contributed by atoms with E-state index in [-0.39, 0.29) is 12.1 Å². The molecule has 0 saturated heterocycles. The van der Waals surface area contributed by atoms with E-state index >= 15 is 0 Å². The predicted molar refractivity (Wildman–Crippen MR) is 158 cm³/mol. The average molecular weight is 520 g/mol. The Balaban J connectivity index is 1.10. The van der Waals surface area contributed by atoms with E-state index < -0.39 is 0 Å². The topological polar surface area (TPSA) is 50.1 Å². The molecule has 0 aliphatic heterocycles. The Morgan fingerprint density at radius 1 is 0.744 bits per heavy atom. The Hall–Kier alpha value is -3.38. The number of hydrogen-bond acceptors (Lipinski definition) is 3. The van der Waals surface area contributed by atoms with Crippen molar-refractivity contribution in [3.63, 3.8) is 0 Å². The minimum absolute atomic E-state index is 0.0268. The number of unbranched alkanes of at least 4 members (excludes halogenated alkanes) is 1. The second kappa shape index (κ2) is 13.1. The minimum atomic E-state index is -0.228. The van der Waals surface area contributed by atoms with E-state index in [1.807, 2.05) is 36.4 Å². The van der Waals surface area contributed by atoms with Crippen LogP contribution in [0.3, 0.4) is 0 Å². The molecular formula is C36H41NO2. The summed E-state index contributed by atoms with van der Waals surface area (Å²) in [6.07, 6.45) is 13.2. The fourth-order valence-corrected chi connectivity index (χ4v) is 6.59. The molecule has 0 amide bonds. The third kappa shape index (κ3) is 6.99. The number of carbonyl (C=O) groups excluding carboxylic acids is 1. The van der Waals surface area contributed by atoms with Crippen LogP contribution in [0.4, 0.5) is 0 Å². The zero-order chi connectivity index (χ0) is 27.0. The van der Waals surface area contributed by atoms with E-state index in [0.717, 1.165) is 37.2 Å². The summed E-state index contributed by atoms with van der Waals surface area (Å²) in [7, 11) is 0. The normalized spacial score (nSPS) is 23.1. The lowest BCUT2D eigenvalue weighted by molar-refractivity contribution is 0.0195. The molecule has 39 heavy (non-hydrogen) atoms. The monoisotopic (exact) mass is 519 g/mol. The summed E-state index contributed by atoms with van der Waals surface area (Å²) in [5.74, 6) is 1.88. The molecule has 202 valence electrons. The number of esters is 1. The lowest BCUT2D eigenvalue weighted by atomic mass is 9.77. The fourth-order valence-electron chi connectivity index (χ4n) is 6.59. The number of ether oxygens (including phenoxy) is 1. The van der Waals surface area contributed by atoms with Gasteiger partial charge in [-0.15, -0.1) is 0 Å². The van der Waals surface area contributed by atoms with Crippen molar-refractivity contribution in [1.29, 1.82) is 5.26 Å². The molecule has 2 saturated carbocycles. The summed E-state index contributed by atoms with van der Waals surface area (Å²) in [5.41, 5.74) is 6.38. The number of nitriles is 1. The van der Waals surface area contributed by atoms with Crippen LogP contribution in [-0.4, -0.2) is 12.1 Å². The average Bonchev–Trinajstić information content (AvgIpc) is 3.01. The molecule has 5 rings (SSSR count).